The number of anilines is 1. The topological polar surface area (TPSA) is 111 Å². The van der Waals surface area contributed by atoms with Gasteiger partial charge in [0.2, 0.25) is 0 Å². The molecule has 0 spiro atoms. The average molecular weight is 570 g/mol. The molecule has 0 aromatic heterocycles. The molecule has 2 rings (SSSR count). The predicted molar refractivity (Wildman–Crippen MR) is 139 cm³/mol. The molecule has 0 aliphatic rings. The minimum Gasteiger partial charge on any atom is -0.458 e. The fraction of sp³-hybridized carbons (Fsp3) is 0.440. The largest absolute Gasteiger partial charge is 0.458 e. The van der Waals surface area contributed by atoms with Crippen LogP contribution in [0.25, 0.3) is 0 Å². The summed E-state index contributed by atoms with van der Waals surface area (Å²) in [4.78, 5) is 25.4. The van der Waals surface area contributed by atoms with Crippen LogP contribution in [0.5, 0.6) is 0 Å². The number of para-hydroxylation sites is 1. The van der Waals surface area contributed by atoms with E-state index in [0.717, 1.165) is 5.56 Å². The van der Waals surface area contributed by atoms with Crippen LogP contribution in [-0.2, 0) is 30.7 Å². The number of hydrogen-bond acceptors (Lipinski definition) is 6. The lowest BCUT2D eigenvalue weighted by molar-refractivity contribution is -0.157. The van der Waals surface area contributed by atoms with Crippen molar-refractivity contribution in [3.8, 4) is 0 Å². The molecule has 0 unspecified atom stereocenters. The SMILES string of the molecule is Cc1ccc(S(=O)(=O)Nc2ccccc2Br)cc1C[C@H](NC(=O)OC(C)(C)C)C(=O)OC(C)(C)C. The molecular formula is C25H33BrN2O6S. The zero-order valence-electron chi connectivity index (χ0n) is 21.1. The molecule has 0 aliphatic carbocycles. The molecule has 35 heavy (non-hydrogen) atoms. The number of rotatable bonds is 7. The van der Waals surface area contributed by atoms with Crippen LogP contribution in [0.3, 0.4) is 0 Å². The van der Waals surface area contributed by atoms with Crippen LogP contribution in [0.4, 0.5) is 10.5 Å². The molecule has 2 aromatic carbocycles. The lowest BCUT2D eigenvalue weighted by Gasteiger charge is -2.26. The lowest BCUT2D eigenvalue weighted by Crippen LogP contribution is -2.47. The van der Waals surface area contributed by atoms with Gasteiger partial charge in [0, 0.05) is 10.9 Å². The fourth-order valence-electron chi connectivity index (χ4n) is 3.02. The molecular weight excluding hydrogens is 536 g/mol. The van der Waals surface area contributed by atoms with Crippen LogP contribution < -0.4 is 10.0 Å². The number of carbonyl (C=O) groups is 2. The Hall–Kier alpha value is -2.59. The molecule has 1 atom stereocenters. The first kappa shape index (κ1) is 28.6. The number of aryl methyl sites for hydroxylation is 1. The van der Waals surface area contributed by atoms with E-state index in [4.69, 9.17) is 9.47 Å². The number of esters is 1. The van der Waals surface area contributed by atoms with Gasteiger partial charge in [0.25, 0.3) is 10.0 Å². The van der Waals surface area contributed by atoms with Crippen LogP contribution in [0.2, 0.25) is 0 Å². The summed E-state index contributed by atoms with van der Waals surface area (Å²) in [6.45, 7) is 12.1. The van der Waals surface area contributed by atoms with E-state index in [1.165, 1.54) is 12.1 Å². The van der Waals surface area contributed by atoms with Crippen LogP contribution in [0, 0.1) is 6.92 Å². The van der Waals surface area contributed by atoms with Crippen molar-refractivity contribution in [3.63, 3.8) is 0 Å². The Bertz CT molecular complexity index is 1180. The number of benzene rings is 2. The van der Waals surface area contributed by atoms with E-state index in [1.807, 2.05) is 0 Å². The third kappa shape index (κ3) is 9.18. The molecule has 8 nitrogen and oxygen atoms in total. The molecule has 0 radical (unpaired) electrons. The Balaban J connectivity index is 2.36. The highest BCUT2D eigenvalue weighted by Crippen LogP contribution is 2.26. The highest BCUT2D eigenvalue weighted by atomic mass is 79.9. The zero-order valence-corrected chi connectivity index (χ0v) is 23.5. The van der Waals surface area contributed by atoms with Crippen LogP contribution in [0.15, 0.2) is 51.8 Å². The van der Waals surface area contributed by atoms with Gasteiger partial charge in [-0.15, -0.1) is 0 Å². The van der Waals surface area contributed by atoms with Crippen LogP contribution in [-0.4, -0.2) is 37.7 Å². The number of ether oxygens (including phenoxy) is 2. The van der Waals surface area contributed by atoms with E-state index < -0.39 is 39.3 Å². The Kier molecular flexibility index (Phi) is 8.99. The number of alkyl carbamates (subject to hydrolysis) is 1. The minimum absolute atomic E-state index is 0.0123. The first-order valence-electron chi connectivity index (χ1n) is 11.1. The van der Waals surface area contributed by atoms with Gasteiger partial charge in [-0.25, -0.2) is 18.0 Å². The van der Waals surface area contributed by atoms with E-state index in [-0.39, 0.29) is 11.3 Å². The van der Waals surface area contributed by atoms with Gasteiger partial charge in [-0.05, 0) is 99.8 Å². The quantitative estimate of drug-likeness (QED) is 0.436. The highest BCUT2D eigenvalue weighted by Gasteiger charge is 2.30. The molecule has 192 valence electrons. The van der Waals surface area contributed by atoms with E-state index in [9.17, 15) is 18.0 Å². The number of hydrogen-bond donors (Lipinski definition) is 2. The molecule has 0 heterocycles. The van der Waals surface area contributed by atoms with Gasteiger partial charge >= 0.3 is 12.1 Å². The van der Waals surface area contributed by atoms with Gasteiger partial charge < -0.3 is 14.8 Å². The maximum atomic E-state index is 13.0. The molecule has 2 N–H and O–H groups in total. The lowest BCUT2D eigenvalue weighted by atomic mass is 10.0. The summed E-state index contributed by atoms with van der Waals surface area (Å²) in [6, 6.07) is 10.4. The zero-order chi connectivity index (χ0) is 26.6. The normalized spacial score (nSPS) is 13.0. The van der Waals surface area contributed by atoms with Gasteiger partial charge in [0.1, 0.15) is 17.2 Å². The Morgan fingerprint density at radius 2 is 1.57 bits per heavy atom. The molecule has 10 heteroatoms. The molecule has 0 fully saturated rings. The molecule has 1 amide bonds. The molecule has 0 saturated carbocycles. The number of nitrogens with one attached hydrogen (secondary N) is 2. The third-order valence-corrected chi connectivity index (χ3v) is 6.61. The maximum absolute atomic E-state index is 13.0. The van der Waals surface area contributed by atoms with Gasteiger partial charge in [-0.3, -0.25) is 4.72 Å². The maximum Gasteiger partial charge on any atom is 0.408 e. The number of halogens is 1. The van der Waals surface area contributed by atoms with Gasteiger partial charge in [0.15, 0.2) is 0 Å². The summed E-state index contributed by atoms with van der Waals surface area (Å²) in [5.41, 5.74) is 0.173. The van der Waals surface area contributed by atoms with Crippen molar-refractivity contribution in [2.24, 2.45) is 0 Å². The first-order chi connectivity index (χ1) is 16.0. The van der Waals surface area contributed by atoms with Crippen molar-refractivity contribution in [2.75, 3.05) is 4.72 Å². The summed E-state index contributed by atoms with van der Waals surface area (Å²) >= 11 is 3.33. The number of carbonyl (C=O) groups excluding carboxylic acids is 2. The van der Waals surface area contributed by atoms with E-state index in [0.29, 0.717) is 15.7 Å². The highest BCUT2D eigenvalue weighted by molar-refractivity contribution is 9.10. The van der Waals surface area contributed by atoms with Crippen molar-refractivity contribution in [2.45, 2.75) is 77.0 Å². The van der Waals surface area contributed by atoms with E-state index >= 15 is 0 Å². The van der Waals surface area contributed by atoms with Crippen molar-refractivity contribution in [3.05, 3.63) is 58.1 Å². The molecule has 0 bridgehead atoms. The van der Waals surface area contributed by atoms with Crippen LogP contribution >= 0.6 is 15.9 Å². The summed E-state index contributed by atoms with van der Waals surface area (Å²) in [5.74, 6) is -0.651. The first-order valence-corrected chi connectivity index (χ1v) is 13.3. The van der Waals surface area contributed by atoms with E-state index in [1.54, 1.807) is 78.8 Å². The molecule has 2 aromatic rings. The second-order valence-corrected chi connectivity index (χ2v) is 12.6. The van der Waals surface area contributed by atoms with Gasteiger partial charge in [-0.2, -0.15) is 0 Å². The van der Waals surface area contributed by atoms with Gasteiger partial charge in [-0.1, -0.05) is 18.2 Å². The molecule has 0 aliphatic heterocycles. The van der Waals surface area contributed by atoms with Gasteiger partial charge in [0.05, 0.1) is 10.6 Å². The predicted octanol–water partition coefficient (Wildman–Crippen LogP) is 5.34. The Morgan fingerprint density at radius 3 is 2.14 bits per heavy atom. The summed E-state index contributed by atoms with van der Waals surface area (Å²) in [7, 11) is -3.92. The summed E-state index contributed by atoms with van der Waals surface area (Å²) in [6.07, 6.45) is -0.761. The van der Waals surface area contributed by atoms with Crippen molar-refractivity contribution < 1.29 is 27.5 Å². The summed E-state index contributed by atoms with van der Waals surface area (Å²) in [5, 5.41) is 2.57. The monoisotopic (exact) mass is 568 g/mol. The second kappa shape index (κ2) is 11.0. The fourth-order valence-corrected chi connectivity index (χ4v) is 4.66. The minimum atomic E-state index is -3.92. The average Bonchev–Trinajstić information content (AvgIpc) is 2.67. The van der Waals surface area contributed by atoms with Crippen molar-refractivity contribution in [1.29, 1.82) is 0 Å². The van der Waals surface area contributed by atoms with Crippen molar-refractivity contribution >= 4 is 43.7 Å². The number of sulfonamides is 1. The molecule has 0 saturated heterocycles. The second-order valence-electron chi connectivity index (χ2n) is 10.1. The smallest absolute Gasteiger partial charge is 0.408 e. The summed E-state index contributed by atoms with van der Waals surface area (Å²) < 4.78 is 40.0. The van der Waals surface area contributed by atoms with Crippen LogP contribution in [0.1, 0.15) is 52.7 Å². The standard InChI is InChI=1S/C25H33BrN2O6S/c1-16-12-13-18(35(31,32)28-20-11-9-8-10-19(20)26)14-17(16)15-21(22(29)33-24(2,3)4)27-23(30)34-25(5,6)7/h8-14,21,28H,15H2,1-7H3,(H,27,30)/t21-/m0/s1. The third-order valence-electron chi connectivity index (χ3n) is 4.56. The van der Waals surface area contributed by atoms with E-state index in [2.05, 4.69) is 26.0 Å². The van der Waals surface area contributed by atoms with Crippen molar-refractivity contribution in [1.82, 2.24) is 5.32 Å². The Labute approximate surface area is 216 Å². The Morgan fingerprint density at radius 1 is 0.971 bits per heavy atom. The number of amides is 1.